The zero-order chi connectivity index (χ0) is 11.7. The molecule has 3 rings (SSSR count). The van der Waals surface area contributed by atoms with Gasteiger partial charge in [0, 0.05) is 5.56 Å². The van der Waals surface area contributed by atoms with Crippen molar-refractivity contribution in [3.05, 3.63) is 48.4 Å². The lowest BCUT2D eigenvalue weighted by molar-refractivity contribution is 0.567. The minimum atomic E-state index is 0.581. The number of furan rings is 1. The Labute approximate surface area is 103 Å². The fourth-order valence-electron chi connectivity index (χ4n) is 1.59. The third-order valence-electron chi connectivity index (χ3n) is 2.40. The maximum atomic E-state index is 5.23. The summed E-state index contributed by atoms with van der Waals surface area (Å²) >= 11 is 5.23. The van der Waals surface area contributed by atoms with Gasteiger partial charge < -0.3 is 14.7 Å². The number of para-hydroxylation sites is 2. The average Bonchev–Trinajstić information content (AvgIpc) is 2.97. The number of anilines is 1. The Morgan fingerprint density at radius 3 is 2.94 bits per heavy atom. The fourth-order valence-corrected chi connectivity index (χ4v) is 1.80. The number of nitrogens with one attached hydrogen (secondary N) is 2. The Kier molecular flexibility index (Phi) is 2.38. The number of nitrogens with zero attached hydrogens (tertiary/aromatic N) is 1. The third-order valence-corrected chi connectivity index (χ3v) is 2.74. The predicted molar refractivity (Wildman–Crippen MR) is 70.1 cm³/mol. The van der Waals surface area contributed by atoms with Gasteiger partial charge in [0.15, 0.2) is 0 Å². The maximum Gasteiger partial charge on any atom is 0.206 e. The van der Waals surface area contributed by atoms with Crippen LogP contribution in [0, 0.1) is 0 Å². The minimum Gasteiger partial charge on any atom is -0.472 e. The summed E-state index contributed by atoms with van der Waals surface area (Å²) in [4.78, 5) is 8.11. The normalized spacial score (nSPS) is 10.6. The van der Waals surface area contributed by atoms with Crippen LogP contribution >= 0.6 is 12.2 Å². The number of benzene rings is 1. The van der Waals surface area contributed by atoms with Crippen LogP contribution in [0.2, 0.25) is 0 Å². The molecule has 2 aromatic heterocycles. The van der Waals surface area contributed by atoms with Crippen LogP contribution in [-0.2, 0) is 0 Å². The van der Waals surface area contributed by atoms with Crippen LogP contribution in [0.15, 0.2) is 47.3 Å². The SMILES string of the molecule is S=C(Nc1nc2ccccc2[nH]1)c1ccoc1. The molecule has 0 aliphatic carbocycles. The summed E-state index contributed by atoms with van der Waals surface area (Å²) in [6, 6.07) is 9.62. The molecule has 0 amide bonds. The Bertz CT molecular complexity index is 624. The molecule has 84 valence electrons. The molecule has 0 aliphatic heterocycles. The van der Waals surface area contributed by atoms with E-state index in [-0.39, 0.29) is 0 Å². The average molecular weight is 243 g/mol. The molecule has 3 aromatic rings. The lowest BCUT2D eigenvalue weighted by Crippen LogP contribution is -2.10. The van der Waals surface area contributed by atoms with Crippen LogP contribution in [0.5, 0.6) is 0 Å². The van der Waals surface area contributed by atoms with E-state index in [9.17, 15) is 0 Å². The molecule has 2 N–H and O–H groups in total. The summed E-state index contributed by atoms with van der Waals surface area (Å²) in [7, 11) is 0. The summed E-state index contributed by atoms with van der Waals surface area (Å²) in [6.45, 7) is 0. The van der Waals surface area contributed by atoms with E-state index in [0.717, 1.165) is 16.6 Å². The second-order valence-corrected chi connectivity index (χ2v) is 3.98. The summed E-state index contributed by atoms with van der Waals surface area (Å²) in [6.07, 6.45) is 3.18. The standard InChI is InChI=1S/C12H9N3OS/c17-11(8-5-6-16-7-8)15-12-13-9-3-1-2-4-10(9)14-12/h1-7H,(H2,13,14,15,17). The molecular weight excluding hydrogens is 234 g/mol. The number of aromatic amines is 1. The molecule has 0 spiro atoms. The molecule has 17 heavy (non-hydrogen) atoms. The van der Waals surface area contributed by atoms with E-state index in [1.807, 2.05) is 24.3 Å². The van der Waals surface area contributed by atoms with Gasteiger partial charge in [-0.15, -0.1) is 0 Å². The maximum absolute atomic E-state index is 5.23. The summed E-state index contributed by atoms with van der Waals surface area (Å²) in [5.41, 5.74) is 2.72. The number of aromatic nitrogens is 2. The molecule has 0 bridgehead atoms. The number of hydrogen-bond acceptors (Lipinski definition) is 3. The van der Waals surface area contributed by atoms with E-state index in [1.165, 1.54) is 0 Å². The van der Waals surface area contributed by atoms with E-state index in [1.54, 1.807) is 18.6 Å². The molecule has 4 nitrogen and oxygen atoms in total. The van der Waals surface area contributed by atoms with Gasteiger partial charge >= 0.3 is 0 Å². The van der Waals surface area contributed by atoms with Crippen molar-refractivity contribution in [1.29, 1.82) is 0 Å². The van der Waals surface area contributed by atoms with Crippen molar-refractivity contribution in [2.24, 2.45) is 0 Å². The van der Waals surface area contributed by atoms with Gasteiger partial charge in [0.1, 0.15) is 11.3 Å². The van der Waals surface area contributed by atoms with Crippen molar-refractivity contribution >= 4 is 34.2 Å². The van der Waals surface area contributed by atoms with E-state index in [2.05, 4.69) is 15.3 Å². The number of H-pyrrole nitrogens is 1. The first-order valence-corrected chi connectivity index (χ1v) is 5.52. The second-order valence-electron chi connectivity index (χ2n) is 3.57. The van der Waals surface area contributed by atoms with Crippen molar-refractivity contribution in [1.82, 2.24) is 9.97 Å². The van der Waals surface area contributed by atoms with Crippen molar-refractivity contribution < 1.29 is 4.42 Å². The Morgan fingerprint density at radius 1 is 1.29 bits per heavy atom. The van der Waals surface area contributed by atoms with Crippen LogP contribution in [0.3, 0.4) is 0 Å². The number of rotatable bonds is 2. The predicted octanol–water partition coefficient (Wildman–Crippen LogP) is 2.94. The Balaban J connectivity index is 1.88. The molecule has 5 heteroatoms. The van der Waals surface area contributed by atoms with Gasteiger partial charge in [0.2, 0.25) is 5.95 Å². The van der Waals surface area contributed by atoms with Crippen LogP contribution in [0.4, 0.5) is 5.95 Å². The van der Waals surface area contributed by atoms with E-state index in [4.69, 9.17) is 16.6 Å². The second kappa shape index (κ2) is 4.03. The summed E-state index contributed by atoms with van der Waals surface area (Å²) < 4.78 is 4.97. The quantitative estimate of drug-likeness (QED) is 0.679. The number of imidazole rings is 1. The van der Waals surface area contributed by atoms with Gasteiger partial charge in [-0.1, -0.05) is 24.4 Å². The first kappa shape index (κ1) is 10.0. The summed E-state index contributed by atoms with van der Waals surface area (Å²) in [5, 5.41) is 3.04. The highest BCUT2D eigenvalue weighted by Gasteiger charge is 2.06. The molecular formula is C12H9N3OS. The first-order chi connectivity index (χ1) is 8.33. The highest BCUT2D eigenvalue weighted by atomic mass is 32.1. The van der Waals surface area contributed by atoms with Gasteiger partial charge in [0.05, 0.1) is 17.3 Å². The molecule has 1 aromatic carbocycles. The van der Waals surface area contributed by atoms with E-state index >= 15 is 0 Å². The van der Waals surface area contributed by atoms with Gasteiger partial charge in [-0.25, -0.2) is 4.98 Å². The third kappa shape index (κ3) is 1.92. The van der Waals surface area contributed by atoms with Gasteiger partial charge in [-0.05, 0) is 18.2 Å². The summed E-state index contributed by atoms with van der Waals surface area (Å²) in [5.74, 6) is 0.636. The highest BCUT2D eigenvalue weighted by molar-refractivity contribution is 7.81. The highest BCUT2D eigenvalue weighted by Crippen LogP contribution is 2.14. The molecule has 2 heterocycles. The largest absolute Gasteiger partial charge is 0.472 e. The van der Waals surface area contributed by atoms with Gasteiger partial charge in [-0.2, -0.15) is 0 Å². The van der Waals surface area contributed by atoms with Crippen LogP contribution in [0.25, 0.3) is 11.0 Å². The monoisotopic (exact) mass is 243 g/mol. The van der Waals surface area contributed by atoms with Crippen molar-refractivity contribution in [2.45, 2.75) is 0 Å². The molecule has 0 fully saturated rings. The van der Waals surface area contributed by atoms with E-state index in [0.29, 0.717) is 10.9 Å². The number of hydrogen-bond donors (Lipinski definition) is 2. The van der Waals surface area contributed by atoms with Crippen LogP contribution in [0.1, 0.15) is 5.56 Å². The lowest BCUT2D eigenvalue weighted by Gasteiger charge is -2.00. The van der Waals surface area contributed by atoms with Crippen molar-refractivity contribution in [3.8, 4) is 0 Å². The number of thiocarbonyl (C=S) groups is 1. The molecule has 0 radical (unpaired) electrons. The first-order valence-electron chi connectivity index (χ1n) is 5.11. The van der Waals surface area contributed by atoms with Gasteiger partial charge in [-0.3, -0.25) is 0 Å². The van der Waals surface area contributed by atoms with E-state index < -0.39 is 0 Å². The molecule has 0 atom stereocenters. The topological polar surface area (TPSA) is 53.9 Å². The molecule has 0 saturated carbocycles. The minimum absolute atomic E-state index is 0.581. The Hall–Kier alpha value is -2.14. The molecule has 0 unspecified atom stereocenters. The fraction of sp³-hybridized carbons (Fsp3) is 0. The lowest BCUT2D eigenvalue weighted by atomic mass is 10.3. The Morgan fingerprint density at radius 2 is 2.18 bits per heavy atom. The zero-order valence-electron chi connectivity index (χ0n) is 8.81. The van der Waals surface area contributed by atoms with Gasteiger partial charge in [0.25, 0.3) is 0 Å². The number of fused-ring (bicyclic) bond motifs is 1. The molecule has 0 aliphatic rings. The van der Waals surface area contributed by atoms with Crippen molar-refractivity contribution in [2.75, 3.05) is 5.32 Å². The smallest absolute Gasteiger partial charge is 0.206 e. The van der Waals surface area contributed by atoms with Crippen molar-refractivity contribution in [3.63, 3.8) is 0 Å². The van der Waals surface area contributed by atoms with Crippen LogP contribution < -0.4 is 5.32 Å². The van der Waals surface area contributed by atoms with Crippen LogP contribution in [-0.4, -0.2) is 15.0 Å². The molecule has 0 saturated heterocycles. The zero-order valence-corrected chi connectivity index (χ0v) is 9.62.